The molecule has 4 fully saturated rings. The van der Waals surface area contributed by atoms with E-state index in [1.54, 1.807) is 6.07 Å². The number of nitrogens with one attached hydrogen (secondary N) is 1. The van der Waals surface area contributed by atoms with Gasteiger partial charge in [-0.15, -0.1) is 0 Å². The number of nitrogens with zero attached hydrogens (tertiary/aromatic N) is 1. The van der Waals surface area contributed by atoms with Crippen LogP contribution in [0.5, 0.6) is 5.75 Å². The largest absolute Gasteiger partial charge is 0.467 e. The summed E-state index contributed by atoms with van der Waals surface area (Å²) < 4.78 is 6.36. The first-order chi connectivity index (χ1) is 13.1. The van der Waals surface area contributed by atoms with Crippen LogP contribution < -0.4 is 10.1 Å². The van der Waals surface area contributed by atoms with Crippen molar-refractivity contribution < 1.29 is 19.4 Å². The highest BCUT2D eigenvalue weighted by molar-refractivity contribution is 5.98. The average molecular weight is 370 g/mol. The first-order valence-corrected chi connectivity index (χ1v) is 10.1. The van der Waals surface area contributed by atoms with Crippen molar-refractivity contribution in [3.05, 3.63) is 29.8 Å². The molecule has 1 saturated heterocycles. The predicted molar refractivity (Wildman–Crippen MR) is 98.0 cm³/mol. The van der Waals surface area contributed by atoms with Gasteiger partial charge in [0.05, 0.1) is 11.7 Å². The van der Waals surface area contributed by atoms with E-state index >= 15 is 0 Å². The number of aliphatic hydroxyl groups excluding tert-OH is 1. The third-order valence-corrected chi connectivity index (χ3v) is 7.06. The standard InChI is InChI=1S/C21H26N2O4/c24-15-7-9-23(10-8-15)20(26)17-11-14-6-5-13(17)12-21(14)22-19(25)16-3-1-2-4-18(16)27-21/h1-4,13-15,17,24H,5-12H2,(H,22,25)/t13-,14+,17+,21+/m1/s1. The highest BCUT2D eigenvalue weighted by atomic mass is 16.5. The van der Waals surface area contributed by atoms with Gasteiger partial charge in [0.1, 0.15) is 5.75 Å². The zero-order valence-electron chi connectivity index (χ0n) is 15.4. The Bertz CT molecular complexity index is 773. The minimum Gasteiger partial charge on any atom is -0.467 e. The van der Waals surface area contributed by atoms with E-state index in [2.05, 4.69) is 5.32 Å². The van der Waals surface area contributed by atoms with E-state index in [0.717, 1.165) is 19.3 Å². The summed E-state index contributed by atoms with van der Waals surface area (Å²) in [5, 5.41) is 12.8. The van der Waals surface area contributed by atoms with Crippen LogP contribution in [0, 0.1) is 17.8 Å². The molecular weight excluding hydrogens is 344 g/mol. The molecule has 1 aromatic carbocycles. The topological polar surface area (TPSA) is 78.9 Å². The Morgan fingerprint density at radius 3 is 2.70 bits per heavy atom. The number of carbonyl (C=O) groups excluding carboxylic acids is 2. The number of carbonyl (C=O) groups is 2. The van der Waals surface area contributed by atoms with E-state index < -0.39 is 5.72 Å². The fourth-order valence-corrected chi connectivity index (χ4v) is 5.58. The van der Waals surface area contributed by atoms with Gasteiger partial charge in [-0.25, -0.2) is 0 Å². The van der Waals surface area contributed by atoms with Gasteiger partial charge in [-0.1, -0.05) is 12.1 Å². The molecule has 144 valence electrons. The van der Waals surface area contributed by atoms with Gasteiger partial charge in [0, 0.05) is 31.3 Å². The maximum absolute atomic E-state index is 13.1. The van der Waals surface area contributed by atoms with E-state index in [4.69, 9.17) is 4.74 Å². The van der Waals surface area contributed by atoms with E-state index in [1.807, 2.05) is 23.1 Å². The monoisotopic (exact) mass is 370 g/mol. The number of fused-ring (bicyclic) bond motifs is 3. The highest BCUT2D eigenvalue weighted by Gasteiger charge is 2.57. The number of likely N-dealkylation sites (tertiary alicyclic amines) is 1. The minimum absolute atomic E-state index is 0.0160. The van der Waals surface area contributed by atoms with Crippen molar-refractivity contribution in [2.24, 2.45) is 17.8 Å². The summed E-state index contributed by atoms with van der Waals surface area (Å²) in [4.78, 5) is 27.7. The van der Waals surface area contributed by atoms with Crippen LogP contribution in [0.15, 0.2) is 24.3 Å². The summed E-state index contributed by atoms with van der Waals surface area (Å²) in [7, 11) is 0. The SMILES string of the molecule is O=C1N[C@@]2(C[C@H]3CC[C@H]2C[C@@H]3C(=O)N2CCC(O)CC2)Oc2ccccc21. The lowest BCUT2D eigenvalue weighted by Crippen LogP contribution is -2.67. The lowest BCUT2D eigenvalue weighted by Gasteiger charge is -2.55. The van der Waals surface area contributed by atoms with Crippen LogP contribution in [0.2, 0.25) is 0 Å². The van der Waals surface area contributed by atoms with Crippen LogP contribution in [0.25, 0.3) is 0 Å². The maximum Gasteiger partial charge on any atom is 0.258 e. The number of ether oxygens (including phenoxy) is 1. The molecule has 0 aromatic heterocycles. The van der Waals surface area contributed by atoms with Crippen LogP contribution in [-0.4, -0.2) is 46.7 Å². The number of hydrogen-bond donors (Lipinski definition) is 2. The van der Waals surface area contributed by atoms with E-state index in [1.165, 1.54) is 0 Å². The zero-order chi connectivity index (χ0) is 18.6. The van der Waals surface area contributed by atoms with Crippen molar-refractivity contribution in [2.45, 2.75) is 50.4 Å². The van der Waals surface area contributed by atoms with E-state index in [9.17, 15) is 14.7 Å². The zero-order valence-corrected chi connectivity index (χ0v) is 15.4. The van der Waals surface area contributed by atoms with Crippen molar-refractivity contribution in [1.29, 1.82) is 0 Å². The molecule has 0 radical (unpaired) electrons. The van der Waals surface area contributed by atoms with Gasteiger partial charge in [-0.05, 0) is 50.2 Å². The third kappa shape index (κ3) is 2.73. The van der Waals surface area contributed by atoms with Crippen LogP contribution >= 0.6 is 0 Å². The molecule has 2 heterocycles. The first kappa shape index (κ1) is 17.0. The molecule has 1 spiro atoms. The molecule has 2 aliphatic heterocycles. The second-order valence-electron chi connectivity index (χ2n) is 8.58. The Morgan fingerprint density at radius 1 is 1.19 bits per heavy atom. The second-order valence-corrected chi connectivity index (χ2v) is 8.58. The summed E-state index contributed by atoms with van der Waals surface area (Å²) in [6, 6.07) is 7.38. The summed E-state index contributed by atoms with van der Waals surface area (Å²) in [6.45, 7) is 1.30. The van der Waals surface area contributed by atoms with Crippen LogP contribution in [0.4, 0.5) is 0 Å². The van der Waals surface area contributed by atoms with Crippen molar-refractivity contribution in [3.8, 4) is 5.75 Å². The summed E-state index contributed by atoms with van der Waals surface area (Å²) in [5.74, 6) is 1.22. The molecular formula is C21H26N2O4. The third-order valence-electron chi connectivity index (χ3n) is 7.06. The van der Waals surface area contributed by atoms with Gasteiger partial charge in [-0.3, -0.25) is 9.59 Å². The highest BCUT2D eigenvalue weighted by Crippen LogP contribution is 2.52. The van der Waals surface area contributed by atoms with Gasteiger partial charge >= 0.3 is 0 Å². The average Bonchev–Trinajstić information content (AvgIpc) is 2.68. The van der Waals surface area contributed by atoms with E-state index in [-0.39, 0.29) is 35.7 Å². The van der Waals surface area contributed by atoms with Crippen molar-refractivity contribution in [2.75, 3.05) is 13.1 Å². The van der Waals surface area contributed by atoms with Crippen LogP contribution in [0.1, 0.15) is 48.9 Å². The Balaban J connectivity index is 1.35. The van der Waals surface area contributed by atoms with Crippen LogP contribution in [-0.2, 0) is 4.79 Å². The number of amides is 2. The number of para-hydroxylation sites is 1. The Hall–Kier alpha value is -2.08. The van der Waals surface area contributed by atoms with Crippen LogP contribution in [0.3, 0.4) is 0 Å². The fraction of sp³-hybridized carbons (Fsp3) is 0.619. The number of piperidine rings is 1. The van der Waals surface area contributed by atoms with E-state index in [0.29, 0.717) is 43.7 Å². The first-order valence-electron chi connectivity index (χ1n) is 10.1. The number of benzene rings is 1. The molecule has 6 nitrogen and oxygen atoms in total. The van der Waals surface area contributed by atoms with Crippen molar-refractivity contribution in [3.63, 3.8) is 0 Å². The predicted octanol–water partition coefficient (Wildman–Crippen LogP) is 1.92. The molecule has 0 unspecified atom stereocenters. The minimum atomic E-state index is -0.663. The number of hydrogen-bond acceptors (Lipinski definition) is 4. The molecule has 27 heavy (non-hydrogen) atoms. The molecule has 2 amide bonds. The van der Waals surface area contributed by atoms with Gasteiger partial charge < -0.3 is 20.1 Å². The fourth-order valence-electron chi connectivity index (χ4n) is 5.58. The summed E-state index contributed by atoms with van der Waals surface area (Å²) >= 11 is 0. The number of rotatable bonds is 1. The quantitative estimate of drug-likeness (QED) is 0.792. The maximum atomic E-state index is 13.1. The second kappa shape index (κ2) is 6.23. The Labute approximate surface area is 158 Å². The summed E-state index contributed by atoms with van der Waals surface area (Å²) in [6.07, 6.45) is 4.54. The van der Waals surface area contributed by atoms with Gasteiger partial charge in [0.15, 0.2) is 5.72 Å². The van der Waals surface area contributed by atoms with Crippen molar-refractivity contribution >= 4 is 11.8 Å². The van der Waals surface area contributed by atoms with Crippen molar-refractivity contribution in [1.82, 2.24) is 10.2 Å². The summed E-state index contributed by atoms with van der Waals surface area (Å²) in [5.41, 5.74) is -0.0764. The molecule has 2 N–H and O–H groups in total. The lowest BCUT2D eigenvalue weighted by molar-refractivity contribution is -0.157. The lowest BCUT2D eigenvalue weighted by atomic mass is 9.59. The molecule has 3 aliphatic carbocycles. The molecule has 1 aromatic rings. The molecule has 5 aliphatic rings. The molecule has 6 heteroatoms. The molecule has 2 bridgehead atoms. The van der Waals surface area contributed by atoms with Gasteiger partial charge in [0.2, 0.25) is 5.91 Å². The smallest absolute Gasteiger partial charge is 0.258 e. The Morgan fingerprint density at radius 2 is 1.96 bits per heavy atom. The Kier molecular flexibility index (Phi) is 3.93. The number of aliphatic hydroxyl groups is 1. The molecule has 4 atom stereocenters. The molecule has 6 rings (SSSR count). The van der Waals surface area contributed by atoms with Gasteiger partial charge in [-0.2, -0.15) is 0 Å². The molecule has 3 saturated carbocycles. The van der Waals surface area contributed by atoms with Gasteiger partial charge in [0.25, 0.3) is 5.91 Å². The normalized spacial score (nSPS) is 35.5.